The Morgan fingerprint density at radius 2 is 1.92 bits per heavy atom. The third kappa shape index (κ3) is 2.85. The second-order valence-electron chi connectivity index (χ2n) is 5.00. The van der Waals surface area contributed by atoms with Crippen molar-refractivity contribution in [1.82, 2.24) is 4.98 Å². The molecule has 2 N–H and O–H groups in total. The van der Waals surface area contributed by atoms with Gasteiger partial charge in [0, 0.05) is 17.1 Å². The molecule has 0 saturated heterocycles. The number of nitrogens with one attached hydrogen (secondary N) is 2. The summed E-state index contributed by atoms with van der Waals surface area (Å²) in [4.78, 5) is 26.5. The van der Waals surface area contributed by atoms with Crippen LogP contribution in [0.1, 0.15) is 15.9 Å². The normalized spacial score (nSPS) is 10.4. The number of nitriles is 1. The molecule has 0 fully saturated rings. The minimum absolute atomic E-state index is 0.0385. The van der Waals surface area contributed by atoms with Crippen LogP contribution in [0.5, 0.6) is 0 Å². The number of anilines is 1. The summed E-state index contributed by atoms with van der Waals surface area (Å²) in [5.74, 6) is -1.88. The van der Waals surface area contributed by atoms with Gasteiger partial charge in [0.25, 0.3) is 5.91 Å². The molecule has 0 atom stereocenters. The number of halogens is 2. The lowest BCUT2D eigenvalue weighted by molar-refractivity contribution is 0.102. The first-order valence-electron chi connectivity index (χ1n) is 6.81. The van der Waals surface area contributed by atoms with Gasteiger partial charge < -0.3 is 10.3 Å². The number of pyridine rings is 1. The molecule has 118 valence electrons. The highest BCUT2D eigenvalue weighted by Crippen LogP contribution is 2.19. The van der Waals surface area contributed by atoms with Crippen LogP contribution in [-0.2, 0) is 0 Å². The van der Waals surface area contributed by atoms with Crippen molar-refractivity contribution in [2.24, 2.45) is 0 Å². The smallest absolute Gasteiger partial charge is 0.256 e. The molecule has 3 rings (SSSR count). The minimum Gasteiger partial charge on any atom is -0.322 e. The molecule has 7 heteroatoms. The number of rotatable bonds is 2. The van der Waals surface area contributed by atoms with Crippen molar-refractivity contribution < 1.29 is 13.6 Å². The number of fused-ring (bicyclic) bond motifs is 1. The quantitative estimate of drug-likeness (QED) is 0.759. The molecular weight excluding hydrogens is 316 g/mol. The molecule has 0 aliphatic carbocycles. The fourth-order valence-corrected chi connectivity index (χ4v) is 2.31. The summed E-state index contributed by atoms with van der Waals surface area (Å²) in [6, 6.07) is 9.95. The van der Waals surface area contributed by atoms with E-state index in [-0.39, 0.29) is 22.3 Å². The van der Waals surface area contributed by atoms with Crippen molar-refractivity contribution in [1.29, 1.82) is 5.26 Å². The van der Waals surface area contributed by atoms with E-state index in [1.54, 1.807) is 6.07 Å². The SMILES string of the molecule is N#Cc1cc(NC(=O)c2cc(=O)[nH]c3cc(F)ccc23)ccc1F. The van der Waals surface area contributed by atoms with Crippen LogP contribution < -0.4 is 10.9 Å². The molecule has 1 heterocycles. The van der Waals surface area contributed by atoms with Crippen molar-refractivity contribution in [3.8, 4) is 6.07 Å². The maximum absolute atomic E-state index is 13.3. The molecule has 0 aliphatic heterocycles. The van der Waals surface area contributed by atoms with Gasteiger partial charge >= 0.3 is 0 Å². The van der Waals surface area contributed by atoms with Crippen LogP contribution in [0.25, 0.3) is 10.9 Å². The molecule has 0 unspecified atom stereocenters. The lowest BCUT2D eigenvalue weighted by Gasteiger charge is -2.08. The van der Waals surface area contributed by atoms with E-state index in [1.807, 2.05) is 0 Å². The summed E-state index contributed by atoms with van der Waals surface area (Å²) in [5.41, 5.74) is -0.352. The van der Waals surface area contributed by atoms with Crippen LogP contribution >= 0.6 is 0 Å². The number of carbonyl (C=O) groups excluding carboxylic acids is 1. The summed E-state index contributed by atoms with van der Waals surface area (Å²) in [7, 11) is 0. The van der Waals surface area contributed by atoms with E-state index in [0.717, 1.165) is 18.2 Å². The fraction of sp³-hybridized carbons (Fsp3) is 0. The maximum Gasteiger partial charge on any atom is 0.256 e. The standard InChI is InChI=1S/C17H9F2N3O2/c18-10-1-3-12-13(7-16(23)22-15(12)6-10)17(24)21-11-2-4-14(19)9(5-11)8-20/h1-7H,(H,21,24)(H,22,23). The first-order valence-corrected chi connectivity index (χ1v) is 6.81. The van der Waals surface area contributed by atoms with Crippen molar-refractivity contribution in [2.45, 2.75) is 0 Å². The van der Waals surface area contributed by atoms with Gasteiger partial charge in [-0.25, -0.2) is 8.78 Å². The molecule has 0 aliphatic rings. The van der Waals surface area contributed by atoms with Gasteiger partial charge in [0.05, 0.1) is 16.6 Å². The van der Waals surface area contributed by atoms with Crippen LogP contribution in [0.4, 0.5) is 14.5 Å². The lowest BCUT2D eigenvalue weighted by Crippen LogP contribution is -2.17. The molecule has 3 aromatic rings. The molecule has 1 amide bonds. The number of nitrogens with zero attached hydrogens (tertiary/aromatic N) is 1. The average molecular weight is 325 g/mol. The molecule has 0 spiro atoms. The summed E-state index contributed by atoms with van der Waals surface area (Å²) in [6.45, 7) is 0. The van der Waals surface area contributed by atoms with E-state index in [2.05, 4.69) is 10.3 Å². The Balaban J connectivity index is 2.03. The predicted molar refractivity (Wildman–Crippen MR) is 83.6 cm³/mol. The van der Waals surface area contributed by atoms with Crippen molar-refractivity contribution in [3.05, 3.63) is 75.6 Å². The van der Waals surface area contributed by atoms with Gasteiger partial charge in [-0.3, -0.25) is 9.59 Å². The zero-order valence-corrected chi connectivity index (χ0v) is 12.1. The van der Waals surface area contributed by atoms with E-state index in [0.29, 0.717) is 5.39 Å². The summed E-state index contributed by atoms with van der Waals surface area (Å²) >= 11 is 0. The highest BCUT2D eigenvalue weighted by atomic mass is 19.1. The molecule has 0 bridgehead atoms. The fourth-order valence-electron chi connectivity index (χ4n) is 2.31. The van der Waals surface area contributed by atoms with Crippen LogP contribution in [-0.4, -0.2) is 10.9 Å². The van der Waals surface area contributed by atoms with Crippen molar-refractivity contribution >= 4 is 22.5 Å². The largest absolute Gasteiger partial charge is 0.322 e. The average Bonchev–Trinajstić information content (AvgIpc) is 2.55. The molecule has 1 aromatic heterocycles. The van der Waals surface area contributed by atoms with E-state index in [9.17, 15) is 18.4 Å². The molecular formula is C17H9F2N3O2. The Kier molecular flexibility index (Phi) is 3.80. The summed E-state index contributed by atoms with van der Waals surface area (Å²) in [5, 5.41) is 11.7. The zero-order valence-electron chi connectivity index (χ0n) is 12.1. The Bertz CT molecular complexity index is 1070. The topological polar surface area (TPSA) is 85.8 Å². The Morgan fingerprint density at radius 3 is 2.67 bits per heavy atom. The molecule has 0 saturated carbocycles. The third-order valence-electron chi connectivity index (χ3n) is 3.39. The van der Waals surface area contributed by atoms with Gasteiger partial charge in [0.1, 0.15) is 17.7 Å². The van der Waals surface area contributed by atoms with E-state index in [4.69, 9.17) is 5.26 Å². The third-order valence-corrected chi connectivity index (χ3v) is 3.39. The molecule has 0 radical (unpaired) electrons. The van der Waals surface area contributed by atoms with Crippen molar-refractivity contribution in [2.75, 3.05) is 5.32 Å². The van der Waals surface area contributed by atoms with Gasteiger partial charge in [-0.15, -0.1) is 0 Å². The van der Waals surface area contributed by atoms with Crippen molar-refractivity contribution in [3.63, 3.8) is 0 Å². The number of amides is 1. The maximum atomic E-state index is 13.3. The number of hydrogen-bond donors (Lipinski definition) is 2. The number of hydrogen-bond acceptors (Lipinski definition) is 3. The molecule has 5 nitrogen and oxygen atoms in total. The van der Waals surface area contributed by atoms with E-state index in [1.165, 1.54) is 24.3 Å². The van der Waals surface area contributed by atoms with Gasteiger partial charge in [-0.05, 0) is 36.4 Å². The highest BCUT2D eigenvalue weighted by molar-refractivity contribution is 6.12. The molecule has 2 aromatic carbocycles. The van der Waals surface area contributed by atoms with Crippen LogP contribution in [0.2, 0.25) is 0 Å². The first-order chi connectivity index (χ1) is 11.5. The Labute approximate surface area is 134 Å². The Morgan fingerprint density at radius 1 is 1.12 bits per heavy atom. The number of H-pyrrole nitrogens is 1. The monoisotopic (exact) mass is 325 g/mol. The van der Waals surface area contributed by atoms with Crippen LogP contribution in [0.15, 0.2) is 47.3 Å². The molecule has 24 heavy (non-hydrogen) atoms. The number of aromatic nitrogens is 1. The van der Waals surface area contributed by atoms with Gasteiger partial charge in [-0.2, -0.15) is 5.26 Å². The van der Waals surface area contributed by atoms with Gasteiger partial charge in [0.15, 0.2) is 0 Å². The Hall–Kier alpha value is -3.53. The highest BCUT2D eigenvalue weighted by Gasteiger charge is 2.13. The number of carbonyl (C=O) groups is 1. The second kappa shape index (κ2) is 5.93. The number of aromatic amines is 1. The predicted octanol–water partition coefficient (Wildman–Crippen LogP) is 2.93. The van der Waals surface area contributed by atoms with E-state index < -0.39 is 23.1 Å². The van der Waals surface area contributed by atoms with Crippen LogP contribution in [0, 0.1) is 23.0 Å². The zero-order chi connectivity index (χ0) is 17.3. The second-order valence-corrected chi connectivity index (χ2v) is 5.00. The van der Waals surface area contributed by atoms with Gasteiger partial charge in [0.2, 0.25) is 5.56 Å². The lowest BCUT2D eigenvalue weighted by atomic mass is 10.1. The number of benzene rings is 2. The van der Waals surface area contributed by atoms with Crippen LogP contribution in [0.3, 0.4) is 0 Å². The minimum atomic E-state index is -0.701. The van der Waals surface area contributed by atoms with Gasteiger partial charge in [-0.1, -0.05) is 0 Å². The van der Waals surface area contributed by atoms with E-state index >= 15 is 0 Å². The summed E-state index contributed by atoms with van der Waals surface area (Å²) in [6.07, 6.45) is 0. The summed E-state index contributed by atoms with van der Waals surface area (Å²) < 4.78 is 26.6. The first kappa shape index (κ1) is 15.4.